The Hall–Kier alpha value is -2.42. The number of anilines is 1. The first kappa shape index (κ1) is 16.0. The van der Waals surface area contributed by atoms with Crippen LogP contribution in [0.3, 0.4) is 0 Å². The van der Waals surface area contributed by atoms with Gasteiger partial charge in [0, 0.05) is 24.1 Å². The van der Waals surface area contributed by atoms with Crippen LogP contribution in [0.2, 0.25) is 0 Å². The lowest BCUT2D eigenvalue weighted by molar-refractivity contribution is -0.116. The number of benzene rings is 2. The average molecular weight is 295 g/mol. The molecule has 0 spiro atoms. The third-order valence-corrected chi connectivity index (χ3v) is 3.55. The van der Waals surface area contributed by atoms with E-state index >= 15 is 0 Å². The van der Waals surface area contributed by atoms with Crippen molar-refractivity contribution in [1.82, 2.24) is 0 Å². The minimum atomic E-state index is -0.0508. The van der Waals surface area contributed by atoms with Gasteiger partial charge in [0.05, 0.1) is 0 Å². The topological polar surface area (TPSA) is 46.2 Å². The van der Waals surface area contributed by atoms with Crippen LogP contribution >= 0.6 is 0 Å². The maximum atomic E-state index is 11.9. The maximum absolute atomic E-state index is 11.9. The lowest BCUT2D eigenvalue weighted by Crippen LogP contribution is -2.12. The van der Waals surface area contributed by atoms with E-state index in [-0.39, 0.29) is 11.7 Å². The molecule has 3 heteroatoms. The lowest BCUT2D eigenvalue weighted by Gasteiger charge is -2.06. The number of Topliss-reactive ketones (excluding diaryl/α,β-unsaturated/α-hetero) is 1. The van der Waals surface area contributed by atoms with Gasteiger partial charge in [-0.05, 0) is 30.5 Å². The van der Waals surface area contributed by atoms with Gasteiger partial charge in [-0.25, -0.2) is 0 Å². The van der Waals surface area contributed by atoms with E-state index in [1.54, 1.807) is 12.1 Å². The highest BCUT2D eigenvalue weighted by Crippen LogP contribution is 2.12. The first-order valence-electron chi connectivity index (χ1n) is 7.66. The summed E-state index contributed by atoms with van der Waals surface area (Å²) in [5.41, 5.74) is 2.75. The molecule has 3 nitrogen and oxygen atoms in total. The number of hydrogen-bond acceptors (Lipinski definition) is 2. The summed E-state index contributed by atoms with van der Waals surface area (Å²) in [4.78, 5) is 23.8. The highest BCUT2D eigenvalue weighted by atomic mass is 16.1. The van der Waals surface area contributed by atoms with Crippen LogP contribution in [0.25, 0.3) is 0 Å². The molecule has 2 rings (SSSR count). The zero-order chi connectivity index (χ0) is 15.8. The molecule has 0 heterocycles. The van der Waals surface area contributed by atoms with Gasteiger partial charge in [0.1, 0.15) is 0 Å². The Morgan fingerprint density at radius 1 is 0.909 bits per heavy atom. The predicted molar refractivity (Wildman–Crippen MR) is 89.1 cm³/mol. The van der Waals surface area contributed by atoms with E-state index in [2.05, 4.69) is 12.2 Å². The third kappa shape index (κ3) is 4.85. The number of ketones is 1. The van der Waals surface area contributed by atoms with Crippen molar-refractivity contribution >= 4 is 17.4 Å². The molecule has 0 saturated carbocycles. The molecule has 0 aromatic heterocycles. The van der Waals surface area contributed by atoms with E-state index in [0.717, 1.165) is 12.1 Å². The minimum absolute atomic E-state index is 0.0508. The number of rotatable bonds is 7. The molecule has 1 N–H and O–H groups in total. The summed E-state index contributed by atoms with van der Waals surface area (Å²) in [6, 6.07) is 17.0. The van der Waals surface area contributed by atoms with Crippen molar-refractivity contribution in [3.63, 3.8) is 0 Å². The number of carbonyl (C=O) groups excluding carboxylic acids is 2. The van der Waals surface area contributed by atoms with Crippen LogP contribution in [-0.4, -0.2) is 11.7 Å². The van der Waals surface area contributed by atoms with Gasteiger partial charge in [-0.3, -0.25) is 9.59 Å². The molecule has 0 fully saturated rings. The van der Waals surface area contributed by atoms with Crippen molar-refractivity contribution < 1.29 is 9.59 Å². The molecule has 0 bridgehead atoms. The molecular weight excluding hydrogens is 274 g/mol. The number of aryl methyl sites for hydroxylation is 1. The van der Waals surface area contributed by atoms with Crippen LogP contribution in [0.15, 0.2) is 54.6 Å². The Kier molecular flexibility index (Phi) is 5.90. The average Bonchev–Trinajstić information content (AvgIpc) is 2.56. The summed E-state index contributed by atoms with van der Waals surface area (Å²) in [5.74, 6) is 0.0332. The molecule has 0 radical (unpaired) electrons. The summed E-state index contributed by atoms with van der Waals surface area (Å²) in [6.07, 6.45) is 2.29. The molecule has 1 amide bonds. The first-order chi connectivity index (χ1) is 10.7. The molecule has 114 valence electrons. The Balaban J connectivity index is 1.74. The Morgan fingerprint density at radius 3 is 2.23 bits per heavy atom. The van der Waals surface area contributed by atoms with E-state index < -0.39 is 0 Å². The highest BCUT2D eigenvalue weighted by Gasteiger charge is 2.07. The van der Waals surface area contributed by atoms with Crippen LogP contribution in [0.5, 0.6) is 0 Å². The molecule has 22 heavy (non-hydrogen) atoms. The number of amides is 1. The number of carbonyl (C=O) groups is 2. The molecule has 0 saturated heterocycles. The van der Waals surface area contributed by atoms with Gasteiger partial charge < -0.3 is 5.32 Å². The molecule has 2 aromatic rings. The summed E-state index contributed by atoms with van der Waals surface area (Å²) in [6.45, 7) is 2.09. The SMILES string of the molecule is CCc1ccc(NC(=O)CCCC(=O)c2ccccc2)cc1. The van der Waals surface area contributed by atoms with Crippen molar-refractivity contribution in [2.24, 2.45) is 0 Å². The zero-order valence-electron chi connectivity index (χ0n) is 12.8. The molecule has 0 atom stereocenters. The lowest BCUT2D eigenvalue weighted by atomic mass is 10.1. The largest absolute Gasteiger partial charge is 0.326 e. The fourth-order valence-corrected chi connectivity index (χ4v) is 2.23. The molecule has 0 unspecified atom stereocenters. The third-order valence-electron chi connectivity index (χ3n) is 3.55. The molecule has 0 aliphatic rings. The second-order valence-corrected chi connectivity index (χ2v) is 5.24. The van der Waals surface area contributed by atoms with Crippen molar-refractivity contribution in [3.8, 4) is 0 Å². The minimum Gasteiger partial charge on any atom is -0.326 e. The van der Waals surface area contributed by atoms with E-state index in [9.17, 15) is 9.59 Å². The zero-order valence-corrected chi connectivity index (χ0v) is 12.8. The van der Waals surface area contributed by atoms with Gasteiger partial charge in [0.15, 0.2) is 5.78 Å². The van der Waals surface area contributed by atoms with Gasteiger partial charge >= 0.3 is 0 Å². The second-order valence-electron chi connectivity index (χ2n) is 5.24. The van der Waals surface area contributed by atoms with Gasteiger partial charge in [0.2, 0.25) is 5.91 Å². The molecule has 0 aliphatic carbocycles. The Morgan fingerprint density at radius 2 is 1.59 bits per heavy atom. The monoisotopic (exact) mass is 295 g/mol. The quantitative estimate of drug-likeness (QED) is 0.776. The first-order valence-corrected chi connectivity index (χ1v) is 7.66. The Labute approximate surface area is 131 Å². The Bertz CT molecular complexity index is 618. The van der Waals surface area contributed by atoms with Gasteiger partial charge in [-0.1, -0.05) is 49.4 Å². The van der Waals surface area contributed by atoms with Gasteiger partial charge in [-0.15, -0.1) is 0 Å². The van der Waals surface area contributed by atoms with E-state index in [1.165, 1.54) is 5.56 Å². The highest BCUT2D eigenvalue weighted by molar-refractivity contribution is 5.96. The molecule has 2 aromatic carbocycles. The van der Waals surface area contributed by atoms with Crippen molar-refractivity contribution in [3.05, 3.63) is 65.7 Å². The summed E-state index contributed by atoms with van der Waals surface area (Å²) >= 11 is 0. The van der Waals surface area contributed by atoms with Crippen LogP contribution in [-0.2, 0) is 11.2 Å². The van der Waals surface area contributed by atoms with Crippen LogP contribution in [0.1, 0.15) is 42.1 Å². The van der Waals surface area contributed by atoms with Gasteiger partial charge in [0.25, 0.3) is 0 Å². The number of hydrogen-bond donors (Lipinski definition) is 1. The fourth-order valence-electron chi connectivity index (χ4n) is 2.23. The van der Waals surface area contributed by atoms with Crippen molar-refractivity contribution in [1.29, 1.82) is 0 Å². The normalized spacial score (nSPS) is 10.2. The molecular formula is C19H21NO2. The molecule has 0 aliphatic heterocycles. The van der Waals surface area contributed by atoms with E-state index in [4.69, 9.17) is 0 Å². The van der Waals surface area contributed by atoms with Crippen molar-refractivity contribution in [2.75, 3.05) is 5.32 Å². The number of nitrogens with one attached hydrogen (secondary N) is 1. The predicted octanol–water partition coefficient (Wildman–Crippen LogP) is 4.24. The van der Waals surface area contributed by atoms with E-state index in [1.807, 2.05) is 42.5 Å². The summed E-state index contributed by atoms with van der Waals surface area (Å²) < 4.78 is 0. The standard InChI is InChI=1S/C19H21NO2/c1-2-15-11-13-17(14-12-15)20-19(22)10-6-9-18(21)16-7-4-3-5-8-16/h3-5,7-8,11-14H,2,6,9-10H2,1H3,(H,20,22). The van der Waals surface area contributed by atoms with E-state index in [0.29, 0.717) is 24.8 Å². The van der Waals surface area contributed by atoms with Crippen LogP contribution in [0.4, 0.5) is 5.69 Å². The second kappa shape index (κ2) is 8.13. The van der Waals surface area contributed by atoms with Crippen LogP contribution < -0.4 is 5.32 Å². The summed E-state index contributed by atoms with van der Waals surface area (Å²) in [7, 11) is 0. The smallest absolute Gasteiger partial charge is 0.224 e. The summed E-state index contributed by atoms with van der Waals surface area (Å²) in [5, 5.41) is 2.86. The fraction of sp³-hybridized carbons (Fsp3) is 0.263. The maximum Gasteiger partial charge on any atom is 0.224 e. The van der Waals surface area contributed by atoms with Crippen molar-refractivity contribution in [2.45, 2.75) is 32.6 Å². The van der Waals surface area contributed by atoms with Gasteiger partial charge in [-0.2, -0.15) is 0 Å². The van der Waals surface area contributed by atoms with Crippen LogP contribution in [0, 0.1) is 0 Å².